The molecule has 1 aromatic rings. The predicted octanol–water partition coefficient (Wildman–Crippen LogP) is -2.11. The summed E-state index contributed by atoms with van der Waals surface area (Å²) < 4.78 is 0. The van der Waals surface area contributed by atoms with E-state index in [-0.39, 0.29) is 6.42 Å². The molecule has 0 saturated carbocycles. The number of carboxylic acids is 1. The highest BCUT2D eigenvalue weighted by atomic mass is 16.4. The SMILES string of the molecule is CCC(C)C(NC(=O)C(Cc1ccccc1)NC(=O)C(N)CC(N)=O)C(=O)NC(CC(N)=O)C(=O)O. The van der Waals surface area contributed by atoms with E-state index in [2.05, 4.69) is 16.0 Å². The fraction of sp³-hybridized carbons (Fsp3) is 0.478. The van der Waals surface area contributed by atoms with Gasteiger partial charge in [-0.05, 0) is 11.5 Å². The third-order valence-corrected chi connectivity index (χ3v) is 5.49. The molecule has 5 unspecified atom stereocenters. The molecule has 0 bridgehead atoms. The van der Waals surface area contributed by atoms with Crippen LogP contribution in [0.25, 0.3) is 0 Å². The maximum atomic E-state index is 13.2. The van der Waals surface area contributed by atoms with E-state index in [1.807, 2.05) is 0 Å². The van der Waals surface area contributed by atoms with E-state index in [0.717, 1.165) is 0 Å². The van der Waals surface area contributed by atoms with E-state index in [9.17, 15) is 33.9 Å². The molecule has 0 saturated heterocycles. The van der Waals surface area contributed by atoms with Gasteiger partial charge in [0.1, 0.15) is 18.1 Å². The Balaban J connectivity index is 3.14. The number of hydrogen-bond acceptors (Lipinski definition) is 7. The Hall–Kier alpha value is -4.00. The second kappa shape index (κ2) is 14.4. The molecule has 1 rings (SSSR count). The standard InChI is InChI=1S/C23H34N6O7/c1-3-12(2)19(22(34)28-16(23(35)36)11-18(26)31)29-21(33)15(9-13-7-5-4-6-8-13)27-20(32)14(24)10-17(25)30/h4-8,12,14-16,19H,3,9-11,24H2,1-2H3,(H2,25,30)(H2,26,31)(H,27,32)(H,28,34)(H,29,33)(H,35,36). The van der Waals surface area contributed by atoms with Crippen molar-refractivity contribution in [2.24, 2.45) is 23.1 Å². The van der Waals surface area contributed by atoms with Crippen molar-refractivity contribution in [1.29, 1.82) is 0 Å². The summed E-state index contributed by atoms with van der Waals surface area (Å²) in [6, 6.07) is 3.49. The van der Waals surface area contributed by atoms with Crippen LogP contribution < -0.4 is 33.2 Å². The van der Waals surface area contributed by atoms with Crippen LogP contribution in [0.2, 0.25) is 0 Å². The van der Waals surface area contributed by atoms with Crippen molar-refractivity contribution in [3.8, 4) is 0 Å². The molecule has 5 atom stereocenters. The Bertz CT molecular complexity index is 956. The third kappa shape index (κ3) is 10.1. The third-order valence-electron chi connectivity index (χ3n) is 5.49. The molecule has 1 aromatic carbocycles. The van der Waals surface area contributed by atoms with Crippen molar-refractivity contribution >= 4 is 35.5 Å². The number of nitrogens with two attached hydrogens (primary N) is 3. The molecule has 0 aromatic heterocycles. The number of carbonyl (C=O) groups is 6. The average molecular weight is 507 g/mol. The largest absolute Gasteiger partial charge is 0.480 e. The topological polar surface area (TPSA) is 237 Å². The van der Waals surface area contributed by atoms with Gasteiger partial charge in [0.25, 0.3) is 0 Å². The van der Waals surface area contributed by atoms with Gasteiger partial charge in [-0.15, -0.1) is 0 Å². The average Bonchev–Trinajstić information content (AvgIpc) is 2.80. The smallest absolute Gasteiger partial charge is 0.326 e. The Kier molecular flexibility index (Phi) is 12.0. The number of primary amides is 2. The van der Waals surface area contributed by atoms with Gasteiger partial charge < -0.3 is 38.3 Å². The van der Waals surface area contributed by atoms with Gasteiger partial charge >= 0.3 is 5.97 Å². The van der Waals surface area contributed by atoms with Crippen LogP contribution in [0.4, 0.5) is 0 Å². The highest BCUT2D eigenvalue weighted by Crippen LogP contribution is 2.11. The van der Waals surface area contributed by atoms with Gasteiger partial charge in [0.2, 0.25) is 29.5 Å². The zero-order valence-electron chi connectivity index (χ0n) is 20.2. The highest BCUT2D eigenvalue weighted by molar-refractivity contribution is 5.95. The van der Waals surface area contributed by atoms with Gasteiger partial charge in [0.15, 0.2) is 0 Å². The molecular weight excluding hydrogens is 472 g/mol. The highest BCUT2D eigenvalue weighted by Gasteiger charge is 2.33. The zero-order chi connectivity index (χ0) is 27.4. The number of benzene rings is 1. The van der Waals surface area contributed by atoms with Gasteiger partial charge in [0, 0.05) is 6.42 Å². The summed E-state index contributed by atoms with van der Waals surface area (Å²) in [6.45, 7) is 3.43. The summed E-state index contributed by atoms with van der Waals surface area (Å²) >= 11 is 0. The number of aliphatic carboxylic acids is 1. The number of rotatable bonds is 15. The van der Waals surface area contributed by atoms with Gasteiger partial charge in [0.05, 0.1) is 18.9 Å². The molecule has 13 nitrogen and oxygen atoms in total. The van der Waals surface area contributed by atoms with Crippen LogP contribution >= 0.6 is 0 Å². The first-order valence-electron chi connectivity index (χ1n) is 11.4. The maximum Gasteiger partial charge on any atom is 0.326 e. The molecule has 0 aliphatic rings. The Morgan fingerprint density at radius 2 is 1.39 bits per heavy atom. The van der Waals surface area contributed by atoms with Gasteiger partial charge in [-0.1, -0.05) is 50.6 Å². The van der Waals surface area contributed by atoms with Crippen LogP contribution in [0.1, 0.15) is 38.7 Å². The molecule has 0 aliphatic heterocycles. The van der Waals surface area contributed by atoms with Crippen LogP contribution in [0.3, 0.4) is 0 Å². The molecule has 0 heterocycles. The van der Waals surface area contributed by atoms with Crippen LogP contribution in [-0.4, -0.2) is 64.8 Å². The molecule has 198 valence electrons. The first-order chi connectivity index (χ1) is 16.8. The van der Waals surface area contributed by atoms with Crippen molar-refractivity contribution in [2.75, 3.05) is 0 Å². The first kappa shape index (κ1) is 30.0. The maximum absolute atomic E-state index is 13.2. The van der Waals surface area contributed by atoms with E-state index in [1.54, 1.807) is 44.2 Å². The zero-order valence-corrected chi connectivity index (χ0v) is 20.2. The van der Waals surface area contributed by atoms with E-state index in [1.165, 1.54) is 0 Å². The summed E-state index contributed by atoms with van der Waals surface area (Å²) in [4.78, 5) is 72.4. The lowest BCUT2D eigenvalue weighted by atomic mass is 9.96. The van der Waals surface area contributed by atoms with Gasteiger partial charge in [-0.25, -0.2) is 4.79 Å². The minimum absolute atomic E-state index is 0.0377. The normalized spacial score (nSPS) is 14.9. The summed E-state index contributed by atoms with van der Waals surface area (Å²) in [5.41, 5.74) is 16.5. The monoisotopic (exact) mass is 506 g/mol. The van der Waals surface area contributed by atoms with Crippen LogP contribution in [0.5, 0.6) is 0 Å². The number of carboxylic acid groups (broad SMARTS) is 1. The Morgan fingerprint density at radius 1 is 0.833 bits per heavy atom. The molecule has 10 N–H and O–H groups in total. The minimum atomic E-state index is -1.58. The molecule has 0 radical (unpaired) electrons. The second-order valence-electron chi connectivity index (χ2n) is 8.47. The van der Waals surface area contributed by atoms with Crippen molar-refractivity contribution < 1.29 is 33.9 Å². The Morgan fingerprint density at radius 3 is 1.89 bits per heavy atom. The van der Waals surface area contributed by atoms with E-state index < -0.39 is 78.4 Å². The summed E-state index contributed by atoms with van der Waals surface area (Å²) in [5.74, 6) is -5.98. The number of carbonyl (C=O) groups excluding carboxylic acids is 5. The fourth-order valence-corrected chi connectivity index (χ4v) is 3.27. The summed E-state index contributed by atoms with van der Waals surface area (Å²) in [5, 5.41) is 16.6. The van der Waals surface area contributed by atoms with Crippen molar-refractivity contribution in [1.82, 2.24) is 16.0 Å². The number of amides is 5. The lowest BCUT2D eigenvalue weighted by Gasteiger charge is -2.28. The molecule has 5 amide bonds. The van der Waals surface area contributed by atoms with Crippen LogP contribution in [-0.2, 0) is 35.2 Å². The van der Waals surface area contributed by atoms with Crippen molar-refractivity contribution in [3.63, 3.8) is 0 Å². The molecular formula is C23H34N6O7. The lowest BCUT2D eigenvalue weighted by Crippen LogP contribution is -2.59. The number of hydrogen-bond donors (Lipinski definition) is 7. The fourth-order valence-electron chi connectivity index (χ4n) is 3.27. The molecule has 0 fully saturated rings. The second-order valence-corrected chi connectivity index (χ2v) is 8.47. The van der Waals surface area contributed by atoms with Gasteiger partial charge in [-0.3, -0.25) is 24.0 Å². The van der Waals surface area contributed by atoms with E-state index >= 15 is 0 Å². The predicted molar refractivity (Wildman–Crippen MR) is 129 cm³/mol. The minimum Gasteiger partial charge on any atom is -0.480 e. The quantitative estimate of drug-likeness (QED) is 0.139. The number of nitrogens with one attached hydrogen (secondary N) is 3. The van der Waals surface area contributed by atoms with Gasteiger partial charge in [-0.2, -0.15) is 0 Å². The summed E-state index contributed by atoms with van der Waals surface area (Å²) in [7, 11) is 0. The first-order valence-corrected chi connectivity index (χ1v) is 11.4. The van der Waals surface area contributed by atoms with Crippen molar-refractivity contribution in [3.05, 3.63) is 35.9 Å². The molecule has 36 heavy (non-hydrogen) atoms. The Labute approximate surface area is 208 Å². The van der Waals surface area contributed by atoms with Crippen molar-refractivity contribution in [2.45, 2.75) is 63.7 Å². The van der Waals surface area contributed by atoms with E-state index in [4.69, 9.17) is 17.2 Å². The lowest BCUT2D eigenvalue weighted by molar-refractivity contribution is -0.144. The molecule has 0 aliphatic carbocycles. The van der Waals surface area contributed by atoms with E-state index in [0.29, 0.717) is 12.0 Å². The van der Waals surface area contributed by atoms with Crippen LogP contribution in [0, 0.1) is 5.92 Å². The molecule has 0 spiro atoms. The molecule has 13 heteroatoms. The summed E-state index contributed by atoms with van der Waals surface area (Å²) in [6.07, 6.45) is -0.590. The van der Waals surface area contributed by atoms with Crippen LogP contribution in [0.15, 0.2) is 30.3 Å².